The highest BCUT2D eigenvalue weighted by Gasteiger charge is 2.08. The molecule has 0 aliphatic heterocycles. The summed E-state index contributed by atoms with van der Waals surface area (Å²) >= 11 is 5.84. The number of nitrogens with zero attached hydrogens (tertiary/aromatic N) is 2. The number of rotatable bonds is 2. The molecule has 0 saturated heterocycles. The second-order valence-corrected chi connectivity index (χ2v) is 3.19. The van der Waals surface area contributed by atoms with Gasteiger partial charge in [0.1, 0.15) is 0 Å². The highest BCUT2D eigenvalue weighted by atomic mass is 35.5. The van der Waals surface area contributed by atoms with Crippen molar-refractivity contribution < 1.29 is 0 Å². The van der Waals surface area contributed by atoms with Gasteiger partial charge in [-0.3, -0.25) is 0 Å². The van der Waals surface area contributed by atoms with Gasteiger partial charge in [-0.15, -0.1) is 0 Å². The fourth-order valence-electron chi connectivity index (χ4n) is 1.14. The van der Waals surface area contributed by atoms with Crippen LogP contribution in [0.5, 0.6) is 0 Å². The first kappa shape index (κ1) is 8.60. The van der Waals surface area contributed by atoms with E-state index in [0.717, 1.165) is 6.54 Å². The van der Waals surface area contributed by atoms with Crippen molar-refractivity contribution in [2.75, 3.05) is 0 Å². The maximum atomic E-state index is 5.84. The Bertz CT molecular complexity index is 240. The second kappa shape index (κ2) is 3.26. The van der Waals surface area contributed by atoms with Gasteiger partial charge in [0.2, 0.25) is 5.28 Å². The van der Waals surface area contributed by atoms with E-state index in [1.54, 1.807) is 0 Å². The van der Waals surface area contributed by atoms with Crippen LogP contribution < -0.4 is 0 Å². The molecular formula is C8H13ClN2. The van der Waals surface area contributed by atoms with Crippen LogP contribution in [-0.2, 0) is 6.54 Å². The summed E-state index contributed by atoms with van der Waals surface area (Å²) in [6.45, 7) is 7.24. The number of halogens is 1. The summed E-state index contributed by atoms with van der Waals surface area (Å²) in [4.78, 5) is 4.04. The molecule has 0 N–H and O–H groups in total. The zero-order chi connectivity index (χ0) is 8.43. The molecule has 0 saturated carbocycles. The monoisotopic (exact) mass is 172 g/mol. The van der Waals surface area contributed by atoms with Gasteiger partial charge >= 0.3 is 0 Å². The maximum Gasteiger partial charge on any atom is 0.202 e. The molecule has 0 aliphatic rings. The van der Waals surface area contributed by atoms with Crippen molar-refractivity contribution in [2.45, 2.75) is 33.2 Å². The van der Waals surface area contributed by atoms with Crippen molar-refractivity contribution in [3.63, 3.8) is 0 Å². The molecular weight excluding hydrogens is 160 g/mol. The molecule has 0 unspecified atom stereocenters. The van der Waals surface area contributed by atoms with Gasteiger partial charge < -0.3 is 4.57 Å². The minimum Gasteiger partial charge on any atom is -0.319 e. The molecule has 0 spiro atoms. The highest BCUT2D eigenvalue weighted by molar-refractivity contribution is 6.28. The molecule has 0 amide bonds. The smallest absolute Gasteiger partial charge is 0.202 e. The zero-order valence-electron chi connectivity index (χ0n) is 7.13. The predicted octanol–water partition coefficient (Wildman–Crippen LogP) is 2.68. The third-order valence-corrected chi connectivity index (χ3v) is 2.05. The van der Waals surface area contributed by atoms with E-state index in [4.69, 9.17) is 11.6 Å². The summed E-state index contributed by atoms with van der Waals surface area (Å²) in [5.74, 6) is 0.495. The lowest BCUT2D eigenvalue weighted by Crippen LogP contribution is -2.01. The molecule has 11 heavy (non-hydrogen) atoms. The molecule has 62 valence electrons. The molecule has 2 nitrogen and oxygen atoms in total. The van der Waals surface area contributed by atoms with E-state index in [9.17, 15) is 0 Å². The van der Waals surface area contributed by atoms with Gasteiger partial charge in [0, 0.05) is 12.2 Å². The topological polar surface area (TPSA) is 17.8 Å². The number of aromatic nitrogens is 2. The summed E-state index contributed by atoms with van der Waals surface area (Å²) < 4.78 is 2.02. The van der Waals surface area contributed by atoms with Crippen LogP contribution in [0.1, 0.15) is 32.4 Å². The molecule has 0 radical (unpaired) electrons. The first-order valence-electron chi connectivity index (χ1n) is 3.87. The lowest BCUT2D eigenvalue weighted by molar-refractivity contribution is 0.672. The average Bonchev–Trinajstić information content (AvgIpc) is 2.30. The van der Waals surface area contributed by atoms with Crippen LogP contribution in [0.4, 0.5) is 0 Å². The molecule has 3 heteroatoms. The van der Waals surface area contributed by atoms with E-state index in [0.29, 0.717) is 11.2 Å². The van der Waals surface area contributed by atoms with Crippen molar-refractivity contribution in [3.05, 3.63) is 17.2 Å². The Kier molecular flexibility index (Phi) is 2.55. The molecule has 0 aromatic carbocycles. The summed E-state index contributed by atoms with van der Waals surface area (Å²) in [6.07, 6.45) is 1.84. The number of imidazole rings is 1. The van der Waals surface area contributed by atoms with Crippen molar-refractivity contribution in [1.82, 2.24) is 9.55 Å². The molecule has 1 aromatic rings. The van der Waals surface area contributed by atoms with Crippen LogP contribution in [0.2, 0.25) is 5.28 Å². The van der Waals surface area contributed by atoms with Crippen LogP contribution in [-0.4, -0.2) is 9.55 Å². The van der Waals surface area contributed by atoms with Crippen LogP contribution >= 0.6 is 11.6 Å². The molecule has 0 aliphatic carbocycles. The fourth-order valence-corrected chi connectivity index (χ4v) is 1.41. The summed E-state index contributed by atoms with van der Waals surface area (Å²) in [5, 5.41) is 0.594. The molecule has 1 rings (SSSR count). The zero-order valence-corrected chi connectivity index (χ0v) is 7.89. The third kappa shape index (κ3) is 1.56. The average molecular weight is 173 g/mol. The Hall–Kier alpha value is -0.500. The van der Waals surface area contributed by atoms with E-state index >= 15 is 0 Å². The lowest BCUT2D eigenvalue weighted by atomic mass is 10.1. The Morgan fingerprint density at radius 1 is 1.64 bits per heavy atom. The molecule has 0 atom stereocenters. The van der Waals surface area contributed by atoms with E-state index in [1.165, 1.54) is 5.69 Å². The number of hydrogen-bond donors (Lipinski definition) is 0. The SMILES string of the molecule is CCn1c(C(C)C)cnc1Cl. The third-order valence-electron chi connectivity index (χ3n) is 1.75. The van der Waals surface area contributed by atoms with E-state index in [1.807, 2.05) is 10.8 Å². The first-order valence-corrected chi connectivity index (χ1v) is 4.25. The van der Waals surface area contributed by atoms with Crippen LogP contribution in [0.25, 0.3) is 0 Å². The minimum atomic E-state index is 0.495. The fraction of sp³-hybridized carbons (Fsp3) is 0.625. The van der Waals surface area contributed by atoms with E-state index < -0.39 is 0 Å². The Balaban J connectivity index is 3.05. The lowest BCUT2D eigenvalue weighted by Gasteiger charge is -2.08. The highest BCUT2D eigenvalue weighted by Crippen LogP contribution is 2.18. The molecule has 0 fully saturated rings. The normalized spacial score (nSPS) is 11.0. The van der Waals surface area contributed by atoms with Crippen molar-refractivity contribution in [2.24, 2.45) is 0 Å². The first-order chi connectivity index (χ1) is 5.16. The van der Waals surface area contributed by atoms with E-state index in [-0.39, 0.29) is 0 Å². The van der Waals surface area contributed by atoms with Crippen molar-refractivity contribution >= 4 is 11.6 Å². The van der Waals surface area contributed by atoms with Gasteiger partial charge in [-0.25, -0.2) is 4.98 Å². The van der Waals surface area contributed by atoms with Gasteiger partial charge in [0.25, 0.3) is 0 Å². The van der Waals surface area contributed by atoms with Crippen LogP contribution in [0.3, 0.4) is 0 Å². The Morgan fingerprint density at radius 2 is 2.27 bits per heavy atom. The van der Waals surface area contributed by atoms with E-state index in [2.05, 4.69) is 25.8 Å². The van der Waals surface area contributed by atoms with Gasteiger partial charge in [-0.1, -0.05) is 13.8 Å². The number of hydrogen-bond acceptors (Lipinski definition) is 1. The summed E-state index contributed by atoms with van der Waals surface area (Å²) in [6, 6.07) is 0. The largest absolute Gasteiger partial charge is 0.319 e. The minimum absolute atomic E-state index is 0.495. The molecule has 0 bridgehead atoms. The summed E-state index contributed by atoms with van der Waals surface area (Å²) in [5.41, 5.74) is 1.21. The van der Waals surface area contributed by atoms with Crippen molar-refractivity contribution in [3.8, 4) is 0 Å². The van der Waals surface area contributed by atoms with Gasteiger partial charge in [0.05, 0.1) is 6.20 Å². The predicted molar refractivity (Wildman–Crippen MR) is 47.0 cm³/mol. The van der Waals surface area contributed by atoms with Crippen LogP contribution in [0, 0.1) is 0 Å². The van der Waals surface area contributed by atoms with Crippen molar-refractivity contribution in [1.29, 1.82) is 0 Å². The quantitative estimate of drug-likeness (QED) is 0.671. The standard InChI is InChI=1S/C8H13ClN2/c1-4-11-7(6(2)3)5-10-8(11)9/h5-6H,4H2,1-3H3. The van der Waals surface area contributed by atoms with Gasteiger partial charge in [0.15, 0.2) is 0 Å². The summed E-state index contributed by atoms with van der Waals surface area (Å²) in [7, 11) is 0. The Morgan fingerprint density at radius 3 is 2.64 bits per heavy atom. The second-order valence-electron chi connectivity index (χ2n) is 2.85. The van der Waals surface area contributed by atoms with Crippen LogP contribution in [0.15, 0.2) is 6.20 Å². The van der Waals surface area contributed by atoms with Gasteiger partial charge in [-0.05, 0) is 24.4 Å². The Labute approximate surface area is 72.2 Å². The molecule has 1 aromatic heterocycles. The maximum absolute atomic E-state index is 5.84. The van der Waals surface area contributed by atoms with Gasteiger partial charge in [-0.2, -0.15) is 0 Å². The molecule has 1 heterocycles.